The Morgan fingerprint density at radius 2 is 1.74 bits per heavy atom. The number of halogens is 1. The average Bonchev–Trinajstić information content (AvgIpc) is 2.82. The molecule has 0 radical (unpaired) electrons. The van der Waals surface area contributed by atoms with Crippen molar-refractivity contribution >= 4 is 52.2 Å². The topological polar surface area (TPSA) is 84.9 Å². The minimum atomic E-state index is -0.784. The molecule has 1 aliphatic rings. The van der Waals surface area contributed by atoms with Crippen LogP contribution in [-0.2, 0) is 16.2 Å². The van der Waals surface area contributed by atoms with Crippen LogP contribution in [0.15, 0.2) is 72.3 Å². The summed E-state index contributed by atoms with van der Waals surface area (Å²) in [4.78, 5) is 39.0. The first-order valence-corrected chi connectivity index (χ1v) is 12.1. The molecule has 3 aromatic carbocycles. The molecule has 0 unspecified atom stereocenters. The van der Waals surface area contributed by atoms with E-state index in [1.165, 1.54) is 6.08 Å². The van der Waals surface area contributed by atoms with E-state index in [0.717, 1.165) is 19.6 Å². The third kappa shape index (κ3) is 5.54. The second-order valence-corrected chi connectivity index (χ2v) is 9.00. The SMILES string of the molecule is CCOc1cc(/C=C2\C(=O)NC(=O)N(c3ccccc3)C2=O)cc(I)c1OCc1cccc(C)c1. The fourth-order valence-corrected chi connectivity index (χ4v) is 4.45. The summed E-state index contributed by atoms with van der Waals surface area (Å²) in [7, 11) is 0. The zero-order valence-electron chi connectivity index (χ0n) is 19.2. The maximum Gasteiger partial charge on any atom is 0.335 e. The molecule has 0 aliphatic carbocycles. The number of benzene rings is 3. The van der Waals surface area contributed by atoms with E-state index < -0.39 is 17.8 Å². The van der Waals surface area contributed by atoms with Gasteiger partial charge in [0.25, 0.3) is 11.8 Å². The number of amides is 4. The number of carbonyl (C=O) groups is 3. The van der Waals surface area contributed by atoms with Gasteiger partial charge in [-0.15, -0.1) is 0 Å². The number of barbiturate groups is 1. The largest absolute Gasteiger partial charge is 0.490 e. The molecule has 35 heavy (non-hydrogen) atoms. The van der Waals surface area contributed by atoms with E-state index in [2.05, 4.69) is 34.0 Å². The Hall–Kier alpha value is -3.66. The van der Waals surface area contributed by atoms with Gasteiger partial charge in [0.2, 0.25) is 0 Å². The molecule has 3 aromatic rings. The predicted octanol–water partition coefficient (Wildman–Crippen LogP) is 5.24. The Labute approximate surface area is 216 Å². The van der Waals surface area contributed by atoms with Gasteiger partial charge >= 0.3 is 6.03 Å². The number of anilines is 1. The quantitative estimate of drug-likeness (QED) is 0.234. The zero-order valence-corrected chi connectivity index (χ0v) is 21.4. The number of hydrogen-bond donors (Lipinski definition) is 1. The lowest BCUT2D eigenvalue weighted by atomic mass is 10.1. The van der Waals surface area contributed by atoms with Crippen molar-refractivity contribution < 1.29 is 23.9 Å². The number of nitrogens with zero attached hydrogens (tertiary/aromatic N) is 1. The third-order valence-electron chi connectivity index (χ3n) is 5.22. The summed E-state index contributed by atoms with van der Waals surface area (Å²) < 4.78 is 12.7. The van der Waals surface area contributed by atoms with Gasteiger partial charge in [0.05, 0.1) is 15.9 Å². The maximum absolute atomic E-state index is 13.1. The molecule has 1 heterocycles. The van der Waals surface area contributed by atoms with E-state index in [1.807, 2.05) is 32.0 Å². The van der Waals surface area contributed by atoms with Crippen molar-refractivity contribution in [1.82, 2.24) is 5.32 Å². The van der Waals surface area contributed by atoms with Crippen LogP contribution in [0.4, 0.5) is 10.5 Å². The van der Waals surface area contributed by atoms with Gasteiger partial charge in [-0.2, -0.15) is 0 Å². The van der Waals surface area contributed by atoms with Crippen LogP contribution < -0.4 is 19.7 Å². The van der Waals surface area contributed by atoms with Gasteiger partial charge in [-0.3, -0.25) is 14.9 Å². The van der Waals surface area contributed by atoms with Crippen LogP contribution in [0.2, 0.25) is 0 Å². The normalized spacial score (nSPS) is 14.8. The zero-order chi connectivity index (χ0) is 24.9. The van der Waals surface area contributed by atoms with Crippen molar-refractivity contribution in [3.63, 3.8) is 0 Å². The molecule has 1 aliphatic heterocycles. The van der Waals surface area contributed by atoms with Crippen LogP contribution in [0.3, 0.4) is 0 Å². The Kier molecular flexibility index (Phi) is 7.50. The predicted molar refractivity (Wildman–Crippen MR) is 141 cm³/mol. The van der Waals surface area contributed by atoms with Gasteiger partial charge in [0.15, 0.2) is 11.5 Å². The standard InChI is InChI=1S/C27H23IN2O5/c1-3-34-23-15-19(14-22(28)24(23)35-16-18-9-7-8-17(2)12-18)13-21-25(31)29-27(33)30(26(21)32)20-10-5-4-6-11-20/h4-15H,3,16H2,1-2H3,(H,29,31,33)/b21-13+. The molecule has 0 saturated carbocycles. The summed E-state index contributed by atoms with van der Waals surface area (Å²) in [6.45, 7) is 4.67. The number of hydrogen-bond acceptors (Lipinski definition) is 5. The molecule has 1 fully saturated rings. The van der Waals surface area contributed by atoms with E-state index >= 15 is 0 Å². The molecule has 0 spiro atoms. The summed E-state index contributed by atoms with van der Waals surface area (Å²) in [5.41, 5.74) is 2.97. The Bertz CT molecular complexity index is 1320. The second-order valence-electron chi connectivity index (χ2n) is 7.83. The fraction of sp³-hybridized carbons (Fsp3) is 0.148. The van der Waals surface area contributed by atoms with E-state index in [1.54, 1.807) is 42.5 Å². The van der Waals surface area contributed by atoms with Crippen LogP contribution in [0, 0.1) is 10.5 Å². The van der Waals surface area contributed by atoms with E-state index in [9.17, 15) is 14.4 Å². The highest BCUT2D eigenvalue weighted by Gasteiger charge is 2.36. The smallest absolute Gasteiger partial charge is 0.335 e. The van der Waals surface area contributed by atoms with Crippen molar-refractivity contribution in [1.29, 1.82) is 0 Å². The highest BCUT2D eigenvalue weighted by molar-refractivity contribution is 14.1. The average molecular weight is 582 g/mol. The third-order valence-corrected chi connectivity index (χ3v) is 6.03. The van der Waals surface area contributed by atoms with Crippen LogP contribution in [0.5, 0.6) is 11.5 Å². The van der Waals surface area contributed by atoms with Crippen molar-refractivity contribution in [3.8, 4) is 11.5 Å². The van der Waals surface area contributed by atoms with Crippen LogP contribution in [0.25, 0.3) is 6.08 Å². The van der Waals surface area contributed by atoms with E-state index in [4.69, 9.17) is 9.47 Å². The van der Waals surface area contributed by atoms with Crippen LogP contribution >= 0.6 is 22.6 Å². The minimum absolute atomic E-state index is 0.153. The molecular weight excluding hydrogens is 559 g/mol. The van der Waals surface area contributed by atoms with Gasteiger partial charge in [-0.25, -0.2) is 9.69 Å². The molecule has 0 atom stereocenters. The van der Waals surface area contributed by atoms with Gasteiger partial charge < -0.3 is 9.47 Å². The van der Waals surface area contributed by atoms with E-state index in [0.29, 0.717) is 36.0 Å². The second kappa shape index (κ2) is 10.7. The number of carbonyl (C=O) groups excluding carboxylic acids is 3. The minimum Gasteiger partial charge on any atom is -0.490 e. The summed E-state index contributed by atoms with van der Waals surface area (Å²) in [6, 6.07) is 19.2. The van der Waals surface area contributed by atoms with Gasteiger partial charge in [0, 0.05) is 0 Å². The Morgan fingerprint density at radius 1 is 0.971 bits per heavy atom. The summed E-state index contributed by atoms with van der Waals surface area (Å²) in [6.07, 6.45) is 1.45. The number of urea groups is 1. The van der Waals surface area contributed by atoms with Crippen molar-refractivity contribution in [3.05, 3.63) is 92.6 Å². The summed E-state index contributed by atoms with van der Waals surface area (Å²) in [5, 5.41) is 2.24. The lowest BCUT2D eigenvalue weighted by Crippen LogP contribution is -2.54. The van der Waals surface area contributed by atoms with Crippen LogP contribution in [-0.4, -0.2) is 24.5 Å². The number of para-hydroxylation sites is 1. The molecule has 7 nitrogen and oxygen atoms in total. The first-order valence-electron chi connectivity index (χ1n) is 11.0. The maximum atomic E-state index is 13.1. The molecule has 1 N–H and O–H groups in total. The summed E-state index contributed by atoms with van der Waals surface area (Å²) in [5.74, 6) is -0.368. The molecule has 178 valence electrons. The molecule has 8 heteroatoms. The Balaban J connectivity index is 1.66. The fourth-order valence-electron chi connectivity index (χ4n) is 3.67. The number of rotatable bonds is 7. The molecular formula is C27H23IN2O5. The summed E-state index contributed by atoms with van der Waals surface area (Å²) >= 11 is 2.14. The number of imide groups is 2. The van der Waals surface area contributed by atoms with Gasteiger partial charge in [-0.05, 0) is 77.9 Å². The lowest BCUT2D eigenvalue weighted by Gasteiger charge is -2.26. The van der Waals surface area contributed by atoms with Gasteiger partial charge in [-0.1, -0.05) is 48.0 Å². The van der Waals surface area contributed by atoms with Crippen LogP contribution in [0.1, 0.15) is 23.6 Å². The lowest BCUT2D eigenvalue weighted by molar-refractivity contribution is -0.122. The molecule has 1 saturated heterocycles. The highest BCUT2D eigenvalue weighted by atomic mass is 127. The molecule has 4 amide bonds. The Morgan fingerprint density at radius 3 is 2.46 bits per heavy atom. The first-order chi connectivity index (χ1) is 16.9. The van der Waals surface area contributed by atoms with E-state index in [-0.39, 0.29) is 5.57 Å². The molecule has 0 bridgehead atoms. The van der Waals surface area contributed by atoms with Gasteiger partial charge in [0.1, 0.15) is 12.2 Å². The van der Waals surface area contributed by atoms with Crippen molar-refractivity contribution in [2.24, 2.45) is 0 Å². The van der Waals surface area contributed by atoms with Crippen molar-refractivity contribution in [2.45, 2.75) is 20.5 Å². The highest BCUT2D eigenvalue weighted by Crippen LogP contribution is 2.36. The van der Waals surface area contributed by atoms with Crippen molar-refractivity contribution in [2.75, 3.05) is 11.5 Å². The first kappa shape index (κ1) is 24.5. The monoisotopic (exact) mass is 582 g/mol. The molecule has 0 aromatic heterocycles. The number of aryl methyl sites for hydroxylation is 1. The number of ether oxygens (including phenoxy) is 2. The number of nitrogens with one attached hydrogen (secondary N) is 1. The molecule has 4 rings (SSSR count).